The standard InChI is InChI=1S/C21H23FN4O4/c1-14(2)11-23-20(28)21(29)26-24-12-15-4-3-5-18(10-15)30-13-19(27)25-17-8-6-16(22)7-9-17/h3-10,12,14H,11,13H2,1-2H3,(H,23,28)(H,25,27)(H,26,29)/b24-12+. The Labute approximate surface area is 173 Å². The monoisotopic (exact) mass is 414 g/mol. The number of amides is 3. The second kappa shape index (κ2) is 11.3. The number of hydrogen-bond donors (Lipinski definition) is 3. The SMILES string of the molecule is CC(C)CNC(=O)C(=O)N/N=C/c1cccc(OCC(=O)Nc2ccc(F)cc2)c1. The minimum absolute atomic E-state index is 0.228. The van der Waals surface area contributed by atoms with Crippen molar-refractivity contribution in [2.24, 2.45) is 11.0 Å². The zero-order chi connectivity index (χ0) is 21.9. The molecule has 0 atom stereocenters. The van der Waals surface area contributed by atoms with Crippen molar-refractivity contribution in [3.63, 3.8) is 0 Å². The van der Waals surface area contributed by atoms with E-state index in [4.69, 9.17) is 4.74 Å². The fourth-order valence-corrected chi connectivity index (χ4v) is 2.16. The number of rotatable bonds is 8. The molecule has 0 bridgehead atoms. The average Bonchev–Trinajstić information content (AvgIpc) is 2.72. The van der Waals surface area contributed by atoms with Crippen LogP contribution >= 0.6 is 0 Å². The van der Waals surface area contributed by atoms with Crippen LogP contribution in [0, 0.1) is 11.7 Å². The summed E-state index contributed by atoms with van der Waals surface area (Å²) in [6.07, 6.45) is 1.35. The number of nitrogens with zero attached hydrogens (tertiary/aromatic N) is 1. The van der Waals surface area contributed by atoms with Gasteiger partial charge in [-0.3, -0.25) is 14.4 Å². The topological polar surface area (TPSA) is 109 Å². The highest BCUT2D eigenvalue weighted by atomic mass is 19.1. The largest absolute Gasteiger partial charge is 0.484 e. The van der Waals surface area contributed by atoms with Crippen molar-refractivity contribution < 1.29 is 23.5 Å². The van der Waals surface area contributed by atoms with E-state index in [1.165, 1.54) is 30.5 Å². The van der Waals surface area contributed by atoms with E-state index in [1.54, 1.807) is 24.3 Å². The minimum atomic E-state index is -0.864. The molecule has 0 aliphatic carbocycles. The van der Waals surface area contributed by atoms with Gasteiger partial charge < -0.3 is 15.4 Å². The summed E-state index contributed by atoms with van der Waals surface area (Å²) in [5, 5.41) is 8.81. The van der Waals surface area contributed by atoms with Crippen LogP contribution in [0.2, 0.25) is 0 Å². The number of ether oxygens (including phenoxy) is 1. The Kier molecular flexibility index (Phi) is 8.49. The third-order valence-electron chi connectivity index (χ3n) is 3.61. The van der Waals surface area contributed by atoms with E-state index >= 15 is 0 Å². The maximum atomic E-state index is 12.9. The van der Waals surface area contributed by atoms with Crippen molar-refractivity contribution in [1.29, 1.82) is 0 Å². The summed E-state index contributed by atoms with van der Waals surface area (Å²) < 4.78 is 18.3. The number of anilines is 1. The normalized spacial score (nSPS) is 10.7. The molecule has 0 radical (unpaired) electrons. The molecule has 0 fully saturated rings. The van der Waals surface area contributed by atoms with Gasteiger partial charge in [0.15, 0.2) is 6.61 Å². The van der Waals surface area contributed by atoms with Crippen LogP contribution in [0.1, 0.15) is 19.4 Å². The van der Waals surface area contributed by atoms with Gasteiger partial charge in [0.25, 0.3) is 5.91 Å². The average molecular weight is 414 g/mol. The highest BCUT2D eigenvalue weighted by Crippen LogP contribution is 2.13. The molecule has 9 heteroatoms. The number of halogens is 1. The van der Waals surface area contributed by atoms with Crippen LogP contribution in [0.4, 0.5) is 10.1 Å². The van der Waals surface area contributed by atoms with E-state index in [0.717, 1.165) is 0 Å². The van der Waals surface area contributed by atoms with Gasteiger partial charge in [-0.05, 0) is 47.9 Å². The molecule has 0 saturated carbocycles. The van der Waals surface area contributed by atoms with Gasteiger partial charge in [0.05, 0.1) is 6.21 Å². The molecule has 30 heavy (non-hydrogen) atoms. The van der Waals surface area contributed by atoms with Crippen LogP contribution in [-0.2, 0) is 14.4 Å². The summed E-state index contributed by atoms with van der Waals surface area (Å²) >= 11 is 0. The maximum Gasteiger partial charge on any atom is 0.329 e. The van der Waals surface area contributed by atoms with E-state index in [0.29, 0.717) is 23.5 Å². The number of carbonyl (C=O) groups excluding carboxylic acids is 3. The molecule has 8 nitrogen and oxygen atoms in total. The molecule has 0 aliphatic rings. The molecule has 0 spiro atoms. The molecular weight excluding hydrogens is 391 g/mol. The van der Waals surface area contributed by atoms with Crippen molar-refractivity contribution in [1.82, 2.24) is 10.7 Å². The summed E-state index contributed by atoms with van der Waals surface area (Å²) in [6.45, 7) is 3.98. The molecule has 0 aromatic heterocycles. The van der Waals surface area contributed by atoms with Gasteiger partial charge in [-0.25, -0.2) is 9.82 Å². The van der Waals surface area contributed by atoms with Crippen molar-refractivity contribution in [3.8, 4) is 5.75 Å². The van der Waals surface area contributed by atoms with Gasteiger partial charge in [0.2, 0.25) is 0 Å². The van der Waals surface area contributed by atoms with Crippen molar-refractivity contribution in [3.05, 3.63) is 59.9 Å². The Morgan fingerprint density at radius 1 is 1.10 bits per heavy atom. The van der Waals surface area contributed by atoms with Gasteiger partial charge in [-0.2, -0.15) is 5.10 Å². The van der Waals surface area contributed by atoms with Crippen molar-refractivity contribution >= 4 is 29.6 Å². The molecule has 2 rings (SSSR count). The first-order chi connectivity index (χ1) is 14.3. The molecule has 3 amide bonds. The maximum absolute atomic E-state index is 12.9. The van der Waals surface area contributed by atoms with E-state index in [2.05, 4.69) is 21.2 Å². The van der Waals surface area contributed by atoms with Crippen LogP contribution < -0.4 is 20.8 Å². The molecule has 0 aliphatic heterocycles. The molecule has 0 heterocycles. The van der Waals surface area contributed by atoms with Gasteiger partial charge in [0.1, 0.15) is 11.6 Å². The lowest BCUT2D eigenvalue weighted by molar-refractivity contribution is -0.139. The lowest BCUT2D eigenvalue weighted by atomic mass is 10.2. The molecule has 158 valence electrons. The summed E-state index contributed by atoms with van der Waals surface area (Å²) in [7, 11) is 0. The number of carbonyl (C=O) groups is 3. The zero-order valence-electron chi connectivity index (χ0n) is 16.6. The quantitative estimate of drug-likeness (QED) is 0.349. The fraction of sp³-hybridized carbons (Fsp3) is 0.238. The van der Waals surface area contributed by atoms with Crippen LogP contribution in [0.25, 0.3) is 0 Å². The van der Waals surface area contributed by atoms with Crippen LogP contribution in [-0.4, -0.2) is 37.1 Å². The lowest BCUT2D eigenvalue weighted by Gasteiger charge is -2.08. The second-order valence-electron chi connectivity index (χ2n) is 6.72. The third-order valence-corrected chi connectivity index (χ3v) is 3.61. The highest BCUT2D eigenvalue weighted by Gasteiger charge is 2.12. The zero-order valence-corrected chi connectivity index (χ0v) is 16.6. The number of benzene rings is 2. The first-order valence-electron chi connectivity index (χ1n) is 9.23. The Hall–Kier alpha value is -3.75. The third kappa shape index (κ3) is 8.09. The van der Waals surface area contributed by atoms with Crippen molar-refractivity contribution in [2.75, 3.05) is 18.5 Å². The Bertz CT molecular complexity index is 913. The predicted molar refractivity (Wildman–Crippen MR) is 111 cm³/mol. The molecule has 0 unspecified atom stereocenters. The van der Waals surface area contributed by atoms with Gasteiger partial charge in [0, 0.05) is 12.2 Å². The summed E-state index contributed by atoms with van der Waals surface area (Å²) in [5.41, 5.74) is 3.19. The van der Waals surface area contributed by atoms with Gasteiger partial charge in [-0.1, -0.05) is 26.0 Å². The van der Waals surface area contributed by atoms with Crippen LogP contribution in [0.3, 0.4) is 0 Å². The number of nitrogens with one attached hydrogen (secondary N) is 3. The Morgan fingerprint density at radius 3 is 2.53 bits per heavy atom. The Morgan fingerprint density at radius 2 is 1.83 bits per heavy atom. The van der Waals surface area contributed by atoms with E-state index in [-0.39, 0.29) is 12.5 Å². The van der Waals surface area contributed by atoms with E-state index < -0.39 is 23.5 Å². The molecule has 2 aromatic carbocycles. The lowest BCUT2D eigenvalue weighted by Crippen LogP contribution is -2.39. The molecule has 3 N–H and O–H groups in total. The second-order valence-corrected chi connectivity index (χ2v) is 6.72. The molecular formula is C21H23FN4O4. The summed E-state index contributed by atoms with van der Waals surface area (Å²) in [5.74, 6) is -1.78. The first kappa shape index (κ1) is 22.5. The molecule has 2 aromatic rings. The first-order valence-corrected chi connectivity index (χ1v) is 9.23. The van der Waals surface area contributed by atoms with Gasteiger partial charge >= 0.3 is 11.8 Å². The van der Waals surface area contributed by atoms with Crippen molar-refractivity contribution in [2.45, 2.75) is 13.8 Å². The minimum Gasteiger partial charge on any atom is -0.484 e. The van der Waals surface area contributed by atoms with Crippen LogP contribution in [0.15, 0.2) is 53.6 Å². The summed E-state index contributed by atoms with van der Waals surface area (Å²) in [6, 6.07) is 12.0. The predicted octanol–water partition coefficient (Wildman–Crippen LogP) is 2.07. The highest BCUT2D eigenvalue weighted by molar-refractivity contribution is 6.35. The fourth-order valence-electron chi connectivity index (χ4n) is 2.16. The smallest absolute Gasteiger partial charge is 0.329 e. The van der Waals surface area contributed by atoms with E-state index in [9.17, 15) is 18.8 Å². The number of hydrazone groups is 1. The summed E-state index contributed by atoms with van der Waals surface area (Å²) in [4.78, 5) is 35.1. The van der Waals surface area contributed by atoms with Gasteiger partial charge in [-0.15, -0.1) is 0 Å². The van der Waals surface area contributed by atoms with Crippen LogP contribution in [0.5, 0.6) is 5.75 Å². The van der Waals surface area contributed by atoms with E-state index in [1.807, 2.05) is 13.8 Å². The number of hydrogen-bond acceptors (Lipinski definition) is 5. The molecule has 0 saturated heterocycles. The Balaban J connectivity index is 1.81.